The van der Waals surface area contributed by atoms with Crippen LogP contribution in [0.25, 0.3) is 6.08 Å². The van der Waals surface area contributed by atoms with Crippen LogP contribution in [0, 0.1) is 5.82 Å². The van der Waals surface area contributed by atoms with E-state index in [0.717, 1.165) is 18.9 Å². The van der Waals surface area contributed by atoms with E-state index < -0.39 is 5.97 Å². The number of nitrogens with zero attached hydrogens (tertiary/aromatic N) is 1. The van der Waals surface area contributed by atoms with Gasteiger partial charge in [0.1, 0.15) is 5.82 Å². The number of benzene rings is 1. The van der Waals surface area contributed by atoms with Crippen molar-refractivity contribution in [1.29, 1.82) is 0 Å². The number of carbonyl (C=O) groups is 1. The first-order chi connectivity index (χ1) is 9.06. The summed E-state index contributed by atoms with van der Waals surface area (Å²) >= 11 is 0. The van der Waals surface area contributed by atoms with Gasteiger partial charge in [-0.2, -0.15) is 0 Å². The van der Waals surface area contributed by atoms with Crippen molar-refractivity contribution in [2.75, 3.05) is 18.5 Å². The number of hydrogen-bond acceptors (Lipinski definition) is 2. The molecule has 0 saturated carbocycles. The first-order valence-corrected chi connectivity index (χ1v) is 6.07. The minimum absolute atomic E-state index is 0.353. The molecule has 0 atom stereocenters. The predicted molar refractivity (Wildman–Crippen MR) is 75.8 cm³/mol. The summed E-state index contributed by atoms with van der Waals surface area (Å²) in [5.74, 6) is -1.40. The Labute approximate surface area is 112 Å². The average molecular weight is 263 g/mol. The van der Waals surface area contributed by atoms with Gasteiger partial charge in [0.05, 0.1) is 5.69 Å². The van der Waals surface area contributed by atoms with E-state index in [1.165, 1.54) is 12.1 Å². The molecule has 102 valence electrons. The molecule has 1 aromatic rings. The van der Waals surface area contributed by atoms with E-state index in [2.05, 4.69) is 6.58 Å². The molecule has 0 aliphatic heterocycles. The van der Waals surface area contributed by atoms with Crippen LogP contribution in [0.4, 0.5) is 10.1 Å². The normalized spacial score (nSPS) is 10.6. The molecule has 4 heteroatoms. The highest BCUT2D eigenvalue weighted by Gasteiger charge is 2.11. The third-order valence-electron chi connectivity index (χ3n) is 2.71. The van der Waals surface area contributed by atoms with Crippen molar-refractivity contribution in [3.8, 4) is 0 Å². The van der Waals surface area contributed by atoms with E-state index in [-0.39, 0.29) is 5.82 Å². The number of aliphatic carboxylic acids is 1. The standard InChI is InChI=1S/C15H18FNO2/c1-3-4-5-11-17(2)15-12(9-10-14(18)19)7-6-8-13(15)16/h3,6-10H,1,4-5,11H2,2H3,(H,18,19)/b10-9+. The SMILES string of the molecule is C=CCCCN(C)c1c(F)cccc1/C=C/C(=O)O. The maximum absolute atomic E-state index is 13.9. The molecule has 0 unspecified atom stereocenters. The molecule has 0 spiro atoms. The highest BCUT2D eigenvalue weighted by Crippen LogP contribution is 2.25. The number of carboxylic acid groups (broad SMARTS) is 1. The Morgan fingerprint density at radius 1 is 1.53 bits per heavy atom. The summed E-state index contributed by atoms with van der Waals surface area (Å²) in [5.41, 5.74) is 0.979. The second-order valence-corrected chi connectivity index (χ2v) is 4.20. The van der Waals surface area contributed by atoms with Gasteiger partial charge >= 0.3 is 5.97 Å². The van der Waals surface area contributed by atoms with E-state index in [4.69, 9.17) is 5.11 Å². The topological polar surface area (TPSA) is 40.5 Å². The molecule has 0 fully saturated rings. The second kappa shape index (κ2) is 7.36. The monoisotopic (exact) mass is 263 g/mol. The molecule has 1 N–H and O–H groups in total. The average Bonchev–Trinajstić information content (AvgIpc) is 2.36. The summed E-state index contributed by atoms with van der Waals surface area (Å²) in [6, 6.07) is 4.64. The molecular weight excluding hydrogens is 245 g/mol. The van der Waals surface area contributed by atoms with Gasteiger partial charge in [0.15, 0.2) is 0 Å². The fourth-order valence-corrected chi connectivity index (χ4v) is 1.81. The highest BCUT2D eigenvalue weighted by molar-refractivity contribution is 5.87. The van der Waals surface area contributed by atoms with Crippen LogP contribution in [0.1, 0.15) is 18.4 Å². The number of rotatable bonds is 7. The number of hydrogen-bond donors (Lipinski definition) is 1. The molecule has 19 heavy (non-hydrogen) atoms. The molecule has 0 bridgehead atoms. The highest BCUT2D eigenvalue weighted by atomic mass is 19.1. The summed E-state index contributed by atoms with van der Waals surface area (Å²) in [6.07, 6.45) is 5.97. The van der Waals surface area contributed by atoms with E-state index in [9.17, 15) is 9.18 Å². The Bertz CT molecular complexity index is 483. The largest absolute Gasteiger partial charge is 0.478 e. The zero-order valence-electron chi connectivity index (χ0n) is 11.0. The van der Waals surface area contributed by atoms with E-state index in [0.29, 0.717) is 17.8 Å². The Morgan fingerprint density at radius 2 is 2.26 bits per heavy atom. The minimum atomic E-state index is -1.05. The summed E-state index contributed by atoms with van der Waals surface area (Å²) in [6.45, 7) is 4.33. The molecule has 0 aliphatic rings. The van der Waals surface area contributed by atoms with Crippen molar-refractivity contribution in [3.05, 3.63) is 48.3 Å². The maximum atomic E-state index is 13.9. The maximum Gasteiger partial charge on any atom is 0.328 e. The number of halogens is 1. The lowest BCUT2D eigenvalue weighted by atomic mass is 10.1. The number of unbranched alkanes of at least 4 members (excludes halogenated alkanes) is 1. The zero-order valence-corrected chi connectivity index (χ0v) is 11.0. The molecule has 1 rings (SSSR count). The Balaban J connectivity index is 2.96. The van der Waals surface area contributed by atoms with Crippen LogP contribution in [0.5, 0.6) is 0 Å². The fraction of sp³-hybridized carbons (Fsp3) is 0.267. The molecule has 0 saturated heterocycles. The van der Waals surface area contributed by atoms with Crippen molar-refractivity contribution in [3.63, 3.8) is 0 Å². The Kier molecular flexibility index (Phi) is 5.79. The van der Waals surface area contributed by atoms with E-state index in [1.54, 1.807) is 24.1 Å². The van der Waals surface area contributed by atoms with Crippen LogP contribution in [-0.2, 0) is 4.79 Å². The first-order valence-electron chi connectivity index (χ1n) is 6.07. The molecule has 0 amide bonds. The van der Waals surface area contributed by atoms with Gasteiger partial charge in [0, 0.05) is 25.2 Å². The molecule has 3 nitrogen and oxygen atoms in total. The van der Waals surface area contributed by atoms with Crippen LogP contribution >= 0.6 is 0 Å². The lowest BCUT2D eigenvalue weighted by Gasteiger charge is -2.21. The van der Waals surface area contributed by atoms with Gasteiger partial charge < -0.3 is 10.0 Å². The molecular formula is C15H18FNO2. The molecule has 0 aromatic heterocycles. The lowest BCUT2D eigenvalue weighted by molar-refractivity contribution is -0.131. The van der Waals surface area contributed by atoms with Crippen molar-refractivity contribution in [2.45, 2.75) is 12.8 Å². The lowest BCUT2D eigenvalue weighted by Crippen LogP contribution is -2.20. The van der Waals surface area contributed by atoms with Crippen molar-refractivity contribution in [2.24, 2.45) is 0 Å². The third-order valence-corrected chi connectivity index (χ3v) is 2.71. The van der Waals surface area contributed by atoms with E-state index >= 15 is 0 Å². The summed E-state index contributed by atoms with van der Waals surface area (Å²) in [4.78, 5) is 12.3. The van der Waals surface area contributed by atoms with Gasteiger partial charge in [-0.3, -0.25) is 0 Å². The molecule has 0 radical (unpaired) electrons. The van der Waals surface area contributed by atoms with Gasteiger partial charge in [0.2, 0.25) is 0 Å². The fourth-order valence-electron chi connectivity index (χ4n) is 1.81. The first kappa shape index (κ1) is 15.0. The zero-order chi connectivity index (χ0) is 14.3. The van der Waals surface area contributed by atoms with Gasteiger partial charge in [-0.1, -0.05) is 18.2 Å². The number of allylic oxidation sites excluding steroid dienone is 1. The van der Waals surface area contributed by atoms with Crippen molar-refractivity contribution in [1.82, 2.24) is 0 Å². The van der Waals surface area contributed by atoms with Gasteiger partial charge in [-0.25, -0.2) is 9.18 Å². The minimum Gasteiger partial charge on any atom is -0.478 e. The van der Waals surface area contributed by atoms with Gasteiger partial charge in [-0.15, -0.1) is 6.58 Å². The molecule has 0 aliphatic carbocycles. The van der Waals surface area contributed by atoms with Crippen molar-refractivity contribution < 1.29 is 14.3 Å². The Hall–Kier alpha value is -2.10. The molecule has 1 aromatic carbocycles. The predicted octanol–water partition coefficient (Wildman–Crippen LogP) is 3.33. The molecule has 0 heterocycles. The van der Waals surface area contributed by atoms with Crippen LogP contribution in [0.3, 0.4) is 0 Å². The quantitative estimate of drug-likeness (QED) is 0.466. The second-order valence-electron chi connectivity index (χ2n) is 4.20. The van der Waals surface area contributed by atoms with Crippen molar-refractivity contribution >= 4 is 17.7 Å². The van der Waals surface area contributed by atoms with Crippen LogP contribution in [0.2, 0.25) is 0 Å². The number of carboxylic acids is 1. The summed E-state index contributed by atoms with van der Waals surface area (Å²) in [7, 11) is 1.79. The smallest absolute Gasteiger partial charge is 0.328 e. The van der Waals surface area contributed by atoms with E-state index in [1.807, 2.05) is 6.08 Å². The van der Waals surface area contributed by atoms with Crippen LogP contribution < -0.4 is 4.90 Å². The van der Waals surface area contributed by atoms with Crippen LogP contribution in [0.15, 0.2) is 36.9 Å². The summed E-state index contributed by atoms with van der Waals surface area (Å²) in [5, 5.41) is 8.64. The van der Waals surface area contributed by atoms with Gasteiger partial charge in [0.25, 0.3) is 0 Å². The third kappa shape index (κ3) is 4.58. The summed E-state index contributed by atoms with van der Waals surface area (Å²) < 4.78 is 13.9. The van der Waals surface area contributed by atoms with Gasteiger partial charge in [-0.05, 0) is 25.0 Å². The number of para-hydroxylation sites is 1. The number of anilines is 1. The Morgan fingerprint density at radius 3 is 2.89 bits per heavy atom. The van der Waals surface area contributed by atoms with Crippen LogP contribution in [-0.4, -0.2) is 24.7 Å².